The van der Waals surface area contributed by atoms with Gasteiger partial charge in [-0.2, -0.15) is 5.26 Å². The minimum absolute atomic E-state index is 0.0206. The van der Waals surface area contributed by atoms with Crippen LogP contribution in [0.25, 0.3) is 0 Å². The highest BCUT2D eigenvalue weighted by Gasteiger charge is 2.13. The summed E-state index contributed by atoms with van der Waals surface area (Å²) in [7, 11) is 0. The fraction of sp³-hybridized carbons (Fsp3) is 0.300. The maximum Gasteiger partial charge on any atom is 0.264 e. The van der Waals surface area contributed by atoms with Gasteiger partial charge in [-0.1, -0.05) is 12.1 Å². The molecule has 0 radical (unpaired) electrons. The summed E-state index contributed by atoms with van der Waals surface area (Å²) in [5.74, 6) is 0. The molecule has 0 atom stereocenters. The Morgan fingerprint density at radius 3 is 2.71 bits per heavy atom. The number of rotatable bonds is 3. The fourth-order valence-electron chi connectivity index (χ4n) is 1.25. The highest BCUT2D eigenvalue weighted by molar-refractivity contribution is 7.80. The zero-order valence-corrected chi connectivity index (χ0v) is 8.27. The Hall–Kier alpha value is -1.08. The van der Waals surface area contributed by atoms with Crippen molar-refractivity contribution in [3.63, 3.8) is 0 Å². The van der Waals surface area contributed by atoms with Gasteiger partial charge in [0.25, 0.3) is 6.43 Å². The molecule has 1 nitrogen and oxygen atoms in total. The molecule has 0 saturated heterocycles. The topological polar surface area (TPSA) is 23.8 Å². The monoisotopic (exact) mass is 213 g/mol. The first kappa shape index (κ1) is 11.0. The zero-order valence-electron chi connectivity index (χ0n) is 7.37. The van der Waals surface area contributed by atoms with Gasteiger partial charge in [0.2, 0.25) is 0 Å². The Balaban J connectivity index is 3.04. The van der Waals surface area contributed by atoms with E-state index in [1.165, 1.54) is 6.07 Å². The molecule has 14 heavy (non-hydrogen) atoms. The first-order valence-corrected chi connectivity index (χ1v) is 4.57. The second-order valence-electron chi connectivity index (χ2n) is 2.80. The van der Waals surface area contributed by atoms with Gasteiger partial charge in [0.05, 0.1) is 6.07 Å². The minimum Gasteiger partial charge on any atom is -0.205 e. The van der Waals surface area contributed by atoms with Gasteiger partial charge in [0, 0.05) is 16.9 Å². The van der Waals surface area contributed by atoms with Crippen LogP contribution >= 0.6 is 12.6 Å². The summed E-state index contributed by atoms with van der Waals surface area (Å²) in [6, 6.07) is 6.50. The second-order valence-corrected chi connectivity index (χ2v) is 3.29. The van der Waals surface area contributed by atoms with Crippen LogP contribution in [0.5, 0.6) is 0 Å². The molecule has 0 unspecified atom stereocenters. The molecule has 0 saturated carbocycles. The van der Waals surface area contributed by atoms with Crippen molar-refractivity contribution < 1.29 is 8.78 Å². The van der Waals surface area contributed by atoms with Gasteiger partial charge in [-0.05, 0) is 18.1 Å². The lowest BCUT2D eigenvalue weighted by atomic mass is 10.0. The molecule has 0 amide bonds. The molecule has 0 aromatic heterocycles. The molecule has 1 aromatic carbocycles. The van der Waals surface area contributed by atoms with E-state index in [0.717, 1.165) is 0 Å². The maximum absolute atomic E-state index is 12.5. The lowest BCUT2D eigenvalue weighted by Gasteiger charge is -2.09. The number of hydrogen-bond donors (Lipinski definition) is 1. The number of thiol groups is 1. The summed E-state index contributed by atoms with van der Waals surface area (Å²) in [5, 5.41) is 8.39. The Labute approximate surface area is 86.8 Å². The Bertz CT molecular complexity index is 358. The van der Waals surface area contributed by atoms with Crippen molar-refractivity contribution in [2.45, 2.75) is 24.2 Å². The van der Waals surface area contributed by atoms with Gasteiger partial charge in [-0.15, -0.1) is 12.6 Å². The molecule has 0 spiro atoms. The molecule has 0 aliphatic rings. The van der Waals surface area contributed by atoms with Gasteiger partial charge < -0.3 is 0 Å². The van der Waals surface area contributed by atoms with Crippen LogP contribution in [-0.2, 0) is 6.42 Å². The summed E-state index contributed by atoms with van der Waals surface area (Å²) >= 11 is 4.09. The molecule has 74 valence electrons. The number of nitriles is 1. The quantitative estimate of drug-likeness (QED) is 0.764. The molecule has 1 rings (SSSR count). The zero-order chi connectivity index (χ0) is 10.6. The lowest BCUT2D eigenvalue weighted by Crippen LogP contribution is -1.96. The molecular weight excluding hydrogens is 204 g/mol. The Morgan fingerprint density at radius 2 is 2.14 bits per heavy atom. The SMILES string of the molecule is N#CCCc1c(S)cccc1C(F)F. The fourth-order valence-corrected chi connectivity index (χ4v) is 1.58. The number of alkyl halides is 2. The van der Waals surface area contributed by atoms with Gasteiger partial charge in [0.15, 0.2) is 0 Å². The second kappa shape index (κ2) is 4.97. The molecule has 1 aromatic rings. The normalized spacial score (nSPS) is 10.2. The van der Waals surface area contributed by atoms with Crippen LogP contribution in [0.3, 0.4) is 0 Å². The van der Waals surface area contributed by atoms with E-state index in [-0.39, 0.29) is 12.0 Å². The van der Waals surface area contributed by atoms with Crippen LogP contribution in [0.15, 0.2) is 23.1 Å². The smallest absolute Gasteiger partial charge is 0.205 e. The number of benzene rings is 1. The third kappa shape index (κ3) is 2.46. The van der Waals surface area contributed by atoms with E-state index in [1.54, 1.807) is 12.1 Å². The van der Waals surface area contributed by atoms with E-state index in [9.17, 15) is 8.78 Å². The van der Waals surface area contributed by atoms with Crippen LogP contribution in [0.1, 0.15) is 24.0 Å². The summed E-state index contributed by atoms with van der Waals surface area (Å²) in [5.41, 5.74) is 0.458. The third-order valence-electron chi connectivity index (χ3n) is 1.91. The van der Waals surface area contributed by atoms with Crippen LogP contribution in [0.4, 0.5) is 8.78 Å². The van der Waals surface area contributed by atoms with Crippen molar-refractivity contribution in [2.75, 3.05) is 0 Å². The molecule has 0 N–H and O–H groups in total. The predicted molar refractivity (Wildman–Crippen MR) is 52.6 cm³/mol. The standard InChI is InChI=1S/C10H9F2NS/c11-10(12)8-3-1-5-9(14)7(8)4-2-6-13/h1,3,5,10,14H,2,4H2. The number of halogens is 2. The van der Waals surface area contributed by atoms with E-state index < -0.39 is 6.43 Å². The summed E-state index contributed by atoms with van der Waals surface area (Å²) in [6.45, 7) is 0. The van der Waals surface area contributed by atoms with E-state index >= 15 is 0 Å². The summed E-state index contributed by atoms with van der Waals surface area (Å²) < 4.78 is 25.0. The van der Waals surface area contributed by atoms with Crippen LogP contribution in [0, 0.1) is 11.3 Å². The third-order valence-corrected chi connectivity index (χ3v) is 2.33. The van der Waals surface area contributed by atoms with Gasteiger partial charge >= 0.3 is 0 Å². The summed E-state index contributed by atoms with van der Waals surface area (Å²) in [6.07, 6.45) is -1.94. The number of hydrogen-bond acceptors (Lipinski definition) is 2. The Morgan fingerprint density at radius 1 is 1.43 bits per heavy atom. The van der Waals surface area contributed by atoms with Crippen molar-refractivity contribution in [1.29, 1.82) is 5.26 Å². The van der Waals surface area contributed by atoms with E-state index in [0.29, 0.717) is 16.9 Å². The van der Waals surface area contributed by atoms with Crippen molar-refractivity contribution >= 4 is 12.6 Å². The largest absolute Gasteiger partial charge is 0.264 e. The van der Waals surface area contributed by atoms with Gasteiger partial charge in [-0.3, -0.25) is 0 Å². The Kier molecular flexibility index (Phi) is 3.90. The minimum atomic E-state index is -2.50. The average Bonchev–Trinajstić information content (AvgIpc) is 2.15. The first-order valence-electron chi connectivity index (χ1n) is 4.12. The van der Waals surface area contributed by atoms with Crippen LogP contribution in [0.2, 0.25) is 0 Å². The van der Waals surface area contributed by atoms with Crippen molar-refractivity contribution in [1.82, 2.24) is 0 Å². The van der Waals surface area contributed by atoms with E-state index in [1.807, 2.05) is 6.07 Å². The van der Waals surface area contributed by atoms with Crippen molar-refractivity contribution in [3.05, 3.63) is 29.3 Å². The highest BCUT2D eigenvalue weighted by atomic mass is 32.1. The van der Waals surface area contributed by atoms with Crippen molar-refractivity contribution in [3.8, 4) is 6.07 Å². The summed E-state index contributed by atoms with van der Waals surface area (Å²) in [4.78, 5) is 0.526. The van der Waals surface area contributed by atoms with E-state index in [4.69, 9.17) is 5.26 Å². The molecular formula is C10H9F2NS. The molecule has 0 heterocycles. The van der Waals surface area contributed by atoms with Crippen LogP contribution < -0.4 is 0 Å². The lowest BCUT2D eigenvalue weighted by molar-refractivity contribution is 0.150. The highest BCUT2D eigenvalue weighted by Crippen LogP contribution is 2.28. The van der Waals surface area contributed by atoms with E-state index in [2.05, 4.69) is 12.6 Å². The predicted octanol–water partition coefficient (Wildman–Crippen LogP) is 3.37. The van der Waals surface area contributed by atoms with Gasteiger partial charge in [-0.25, -0.2) is 8.78 Å². The maximum atomic E-state index is 12.5. The molecule has 0 aliphatic carbocycles. The van der Waals surface area contributed by atoms with Crippen molar-refractivity contribution in [2.24, 2.45) is 0 Å². The first-order chi connectivity index (χ1) is 6.66. The molecule has 0 aliphatic heterocycles. The molecule has 0 bridgehead atoms. The molecule has 4 heteroatoms. The average molecular weight is 213 g/mol. The van der Waals surface area contributed by atoms with Gasteiger partial charge in [0.1, 0.15) is 0 Å². The number of nitrogens with zero attached hydrogens (tertiary/aromatic N) is 1. The molecule has 0 fully saturated rings. The van der Waals surface area contributed by atoms with Crippen LogP contribution in [-0.4, -0.2) is 0 Å².